The second-order valence-electron chi connectivity index (χ2n) is 18.3. The van der Waals surface area contributed by atoms with Crippen LogP contribution in [0.2, 0.25) is 0 Å². The van der Waals surface area contributed by atoms with Crippen molar-refractivity contribution < 1.29 is 61.8 Å². The van der Waals surface area contributed by atoms with E-state index in [1.54, 1.807) is 48.7 Å². The van der Waals surface area contributed by atoms with Gasteiger partial charge in [0.15, 0.2) is 24.4 Å². The average molecular weight is 896 g/mol. The normalized spacial score (nSPS) is 27.7. The first-order valence-corrected chi connectivity index (χ1v) is 22.0. The lowest BCUT2D eigenvalue weighted by Gasteiger charge is -2.47. The van der Waals surface area contributed by atoms with Gasteiger partial charge in [-0.2, -0.15) is 0 Å². The van der Waals surface area contributed by atoms with Gasteiger partial charge in [-0.25, -0.2) is 4.79 Å². The highest BCUT2D eigenvalue weighted by Gasteiger charge is 2.54. The van der Waals surface area contributed by atoms with Crippen molar-refractivity contribution in [3.8, 4) is 0 Å². The predicted octanol–water partition coefficient (Wildman–Crippen LogP) is 7.87. The third-order valence-electron chi connectivity index (χ3n) is 11.0. The van der Waals surface area contributed by atoms with Gasteiger partial charge < -0.3 is 52.2 Å². The van der Waals surface area contributed by atoms with Crippen molar-refractivity contribution in [1.29, 1.82) is 0 Å². The van der Waals surface area contributed by atoms with E-state index in [-0.39, 0.29) is 38.7 Å². The number of esters is 1. The number of hydrogen-bond acceptors (Lipinski definition) is 14. The Morgan fingerprint density at radius 1 is 0.615 bits per heavy atom. The van der Waals surface area contributed by atoms with Gasteiger partial charge in [-0.3, -0.25) is 4.79 Å². The van der Waals surface area contributed by atoms with E-state index >= 15 is 0 Å². The minimum absolute atomic E-state index is 0.0306. The number of oxime groups is 1. The number of methoxy groups -OCH3 is 1. The van der Waals surface area contributed by atoms with E-state index in [2.05, 4.69) is 5.16 Å². The lowest BCUT2D eigenvalue weighted by Crippen LogP contribution is -2.64. The molecular weight excluding hydrogens is 835 g/mol. The molecule has 0 unspecified atom stereocenters. The highest BCUT2D eigenvalue weighted by atomic mass is 16.8. The summed E-state index contributed by atoms with van der Waals surface area (Å²) in [6.07, 6.45) is -9.23. The smallest absolute Gasteiger partial charge is 0.340 e. The van der Waals surface area contributed by atoms with Crippen LogP contribution in [0.5, 0.6) is 0 Å². The van der Waals surface area contributed by atoms with Crippen LogP contribution in [0.25, 0.3) is 0 Å². The molecule has 348 valence electrons. The van der Waals surface area contributed by atoms with Crippen molar-refractivity contribution in [3.63, 3.8) is 0 Å². The van der Waals surface area contributed by atoms with E-state index in [1.165, 1.54) is 0 Å². The molecule has 0 spiro atoms. The van der Waals surface area contributed by atoms with Gasteiger partial charge in [0.05, 0.1) is 43.9 Å². The highest BCUT2D eigenvalue weighted by molar-refractivity contribution is 5.95. The summed E-state index contributed by atoms with van der Waals surface area (Å²) >= 11 is 0. The molecular formula is C51H61NO13. The van der Waals surface area contributed by atoms with E-state index < -0.39 is 84.4 Å². The number of nitrogens with zero attached hydrogens (tertiary/aromatic N) is 1. The summed E-state index contributed by atoms with van der Waals surface area (Å²) in [5.74, 6) is -1.18. The number of fused-ring (bicyclic) bond motifs is 1. The average Bonchev–Trinajstić information content (AvgIpc) is 3.31. The topological polar surface area (TPSA) is 148 Å². The van der Waals surface area contributed by atoms with Crippen LogP contribution in [0.15, 0.2) is 126 Å². The maximum Gasteiger partial charge on any atom is 0.340 e. The van der Waals surface area contributed by atoms with Gasteiger partial charge >= 0.3 is 11.9 Å². The minimum Gasteiger partial charge on any atom is -0.453 e. The molecule has 4 aromatic carbocycles. The first kappa shape index (κ1) is 48.1. The van der Waals surface area contributed by atoms with Crippen LogP contribution in [0.4, 0.5) is 0 Å². The van der Waals surface area contributed by atoms with E-state index in [0.717, 1.165) is 22.3 Å². The van der Waals surface area contributed by atoms with Gasteiger partial charge in [0, 0.05) is 12.7 Å². The zero-order valence-corrected chi connectivity index (χ0v) is 38.1. The molecule has 3 saturated heterocycles. The predicted molar refractivity (Wildman–Crippen MR) is 238 cm³/mol. The fourth-order valence-electron chi connectivity index (χ4n) is 7.37. The van der Waals surface area contributed by atoms with Crippen molar-refractivity contribution in [2.24, 2.45) is 16.0 Å². The zero-order valence-electron chi connectivity index (χ0n) is 38.1. The second-order valence-corrected chi connectivity index (χ2v) is 18.3. The molecule has 0 aromatic heterocycles. The fraction of sp³-hybridized carbons (Fsp3) is 0.471. The highest BCUT2D eigenvalue weighted by Crippen LogP contribution is 2.37. The molecule has 14 nitrogen and oxygen atoms in total. The molecule has 0 amide bonds. The molecule has 3 aliphatic rings. The van der Waals surface area contributed by atoms with E-state index in [0.29, 0.717) is 0 Å². The molecule has 0 saturated carbocycles. The lowest BCUT2D eigenvalue weighted by atomic mass is 9.95. The van der Waals surface area contributed by atoms with Gasteiger partial charge in [-0.15, -0.1) is 0 Å². The summed E-state index contributed by atoms with van der Waals surface area (Å²) in [7, 11) is 1.54. The summed E-state index contributed by atoms with van der Waals surface area (Å²) in [4.78, 5) is 32.6. The summed E-state index contributed by atoms with van der Waals surface area (Å²) in [5, 5.41) is 4.35. The van der Waals surface area contributed by atoms with E-state index in [9.17, 15) is 9.59 Å². The van der Waals surface area contributed by atoms with E-state index in [1.807, 2.05) is 121 Å². The molecule has 3 heterocycles. The Morgan fingerprint density at radius 2 is 1.12 bits per heavy atom. The standard InChI is InChI=1S/C51H61NO13/c1-50(2,3)48(53)64-42-39(52-65-49(54)51(4,5)6)46(61-38-32-59-45(63-41(38)42)36-26-18-11-19-27-36)60-31-37-40(56-28-33-20-12-8-13-21-33)43(57-29-34-22-14-9-15-23-34)44(47(55-7)62-37)58-30-35-24-16-10-17-25-35/h8-27,37-38,40-47H,28-32H2,1-7H3/t37-,38-,40-,41-,42-,43+,44-,45-,46+,47+/m1/s1. The Balaban J connectivity index is 1.22. The molecule has 0 bridgehead atoms. The van der Waals surface area contributed by atoms with Crippen molar-refractivity contribution in [3.05, 3.63) is 144 Å². The summed E-state index contributed by atoms with van der Waals surface area (Å²) < 4.78 is 65.1. The van der Waals surface area contributed by atoms with Gasteiger partial charge in [0.1, 0.15) is 36.6 Å². The Kier molecular flexibility index (Phi) is 16.3. The number of ether oxygens (including phenoxy) is 10. The molecule has 0 radical (unpaired) electrons. The van der Waals surface area contributed by atoms with Crippen LogP contribution < -0.4 is 0 Å². The summed E-state index contributed by atoms with van der Waals surface area (Å²) in [5.41, 5.74) is 1.70. The maximum absolute atomic E-state index is 13.8. The molecule has 65 heavy (non-hydrogen) atoms. The van der Waals surface area contributed by atoms with Gasteiger partial charge in [0.25, 0.3) is 0 Å². The van der Waals surface area contributed by atoms with Crippen LogP contribution >= 0.6 is 0 Å². The Morgan fingerprint density at radius 3 is 1.65 bits per heavy atom. The monoisotopic (exact) mass is 895 g/mol. The van der Waals surface area contributed by atoms with Gasteiger partial charge in [0.2, 0.25) is 6.29 Å². The second kappa shape index (κ2) is 22.1. The first-order valence-electron chi connectivity index (χ1n) is 22.0. The quantitative estimate of drug-likeness (QED) is 0.0611. The molecule has 4 aromatic rings. The van der Waals surface area contributed by atoms with Gasteiger partial charge in [-0.05, 0) is 58.2 Å². The fourth-order valence-corrected chi connectivity index (χ4v) is 7.37. The van der Waals surface area contributed by atoms with Crippen molar-refractivity contribution in [1.82, 2.24) is 0 Å². The molecule has 10 atom stereocenters. The van der Waals surface area contributed by atoms with Crippen LogP contribution in [-0.4, -0.2) is 93.3 Å². The van der Waals surface area contributed by atoms with Crippen molar-refractivity contribution >= 4 is 17.7 Å². The number of rotatable bonds is 16. The number of carbonyl (C=O) groups excluding carboxylic acids is 2. The molecule has 3 aliphatic heterocycles. The van der Waals surface area contributed by atoms with Crippen LogP contribution in [-0.2, 0) is 81.6 Å². The number of benzene rings is 4. The summed E-state index contributed by atoms with van der Waals surface area (Å²) in [6.45, 7) is 10.9. The minimum atomic E-state index is -1.35. The van der Waals surface area contributed by atoms with Crippen molar-refractivity contribution in [2.45, 2.75) is 123 Å². The van der Waals surface area contributed by atoms with Crippen LogP contribution in [0.1, 0.15) is 70.1 Å². The Hall–Kier alpha value is -4.87. The lowest BCUT2D eigenvalue weighted by molar-refractivity contribution is -0.334. The zero-order chi connectivity index (χ0) is 46.0. The van der Waals surface area contributed by atoms with Crippen LogP contribution in [0.3, 0.4) is 0 Å². The number of hydrogen-bond donors (Lipinski definition) is 0. The molecule has 7 rings (SSSR count). The third kappa shape index (κ3) is 12.7. The first-order chi connectivity index (χ1) is 31.3. The third-order valence-corrected chi connectivity index (χ3v) is 11.0. The SMILES string of the molecule is CO[C@H]1O[C@H](CO[C@H]2O[C@@H]3CO[C@@H](c4ccccc4)O[C@H]3[C@H](OC(=O)C(C)(C)C)C2=NOC(=O)C(C)(C)C)[C@@H](OCc2ccccc2)[C@H](OCc2ccccc2)[C@H]1OCc1ccccc1. The van der Waals surface area contributed by atoms with Crippen molar-refractivity contribution in [2.75, 3.05) is 20.3 Å². The van der Waals surface area contributed by atoms with E-state index in [4.69, 9.17) is 52.2 Å². The van der Waals surface area contributed by atoms with Crippen LogP contribution in [0, 0.1) is 10.8 Å². The molecule has 0 aliphatic carbocycles. The molecule has 14 heteroatoms. The maximum atomic E-state index is 13.8. The molecule has 0 N–H and O–H groups in total. The summed E-state index contributed by atoms with van der Waals surface area (Å²) in [6, 6.07) is 38.8. The molecule has 3 fully saturated rings. The number of carbonyl (C=O) groups is 2. The Bertz CT molecular complexity index is 2130. The largest absolute Gasteiger partial charge is 0.453 e. The van der Waals surface area contributed by atoms with Gasteiger partial charge in [-0.1, -0.05) is 126 Å². The Labute approximate surface area is 381 Å².